The zero-order chi connectivity index (χ0) is 20.9. The van der Waals surface area contributed by atoms with Crippen molar-refractivity contribution in [1.82, 2.24) is 9.97 Å². The molecule has 1 heterocycles. The number of ether oxygens (including phenoxy) is 1. The van der Waals surface area contributed by atoms with Crippen LogP contribution in [0.5, 0.6) is 11.5 Å². The van der Waals surface area contributed by atoms with Crippen LogP contribution in [-0.4, -0.2) is 27.9 Å². The third-order valence-electron chi connectivity index (χ3n) is 4.66. The molecule has 0 spiro atoms. The molecule has 0 aliphatic carbocycles. The highest BCUT2D eigenvalue weighted by molar-refractivity contribution is 6.10. The maximum atomic E-state index is 9.60. The first kappa shape index (κ1) is 19.1. The van der Waals surface area contributed by atoms with Gasteiger partial charge in [0.15, 0.2) is 5.82 Å². The number of hydrogen-bond donors (Lipinski definition) is 2. The fourth-order valence-electron chi connectivity index (χ4n) is 3.10. The van der Waals surface area contributed by atoms with Crippen molar-refractivity contribution in [3.63, 3.8) is 0 Å². The average molecular weight is 396 g/mol. The molecule has 4 aromatic rings. The lowest BCUT2D eigenvalue weighted by Gasteiger charge is -2.11. The number of nitrogens with zero attached hydrogens (tertiary/aromatic N) is 3. The van der Waals surface area contributed by atoms with Crippen molar-refractivity contribution in [2.45, 2.75) is 0 Å². The standard InChI is InChI=1S/C24H20N4O2/c1-30-20-13-9-17(10-14-20)22-15-21(16-5-3-2-4-6-16)26-24(27-22)23(28-25)18-7-11-19(29)12-8-18/h2-15,29H,25H2,1H3/b28-23+. The molecule has 0 saturated carbocycles. The summed E-state index contributed by atoms with van der Waals surface area (Å²) in [6.45, 7) is 0. The summed E-state index contributed by atoms with van der Waals surface area (Å²) in [5.74, 6) is 7.05. The second-order valence-electron chi connectivity index (χ2n) is 6.58. The van der Waals surface area contributed by atoms with E-state index in [9.17, 15) is 5.11 Å². The molecule has 0 bridgehead atoms. The number of phenolic OH excluding ortho intramolecular Hbond substituents is 1. The van der Waals surface area contributed by atoms with E-state index in [-0.39, 0.29) is 5.75 Å². The molecule has 0 atom stereocenters. The largest absolute Gasteiger partial charge is 0.508 e. The Morgan fingerprint density at radius 1 is 0.833 bits per heavy atom. The number of benzene rings is 3. The van der Waals surface area contributed by atoms with Crippen LogP contribution in [0.15, 0.2) is 90.0 Å². The van der Waals surface area contributed by atoms with Crippen molar-refractivity contribution in [2.75, 3.05) is 7.11 Å². The molecule has 0 fully saturated rings. The summed E-state index contributed by atoms with van der Waals surface area (Å²) in [6.07, 6.45) is 0. The minimum absolute atomic E-state index is 0.160. The molecule has 0 amide bonds. The van der Waals surface area contributed by atoms with E-state index in [4.69, 9.17) is 20.5 Å². The van der Waals surface area contributed by atoms with Gasteiger partial charge >= 0.3 is 0 Å². The highest BCUT2D eigenvalue weighted by Gasteiger charge is 2.15. The third-order valence-corrected chi connectivity index (χ3v) is 4.66. The van der Waals surface area contributed by atoms with Crippen LogP contribution >= 0.6 is 0 Å². The Morgan fingerprint density at radius 3 is 2.00 bits per heavy atom. The van der Waals surface area contributed by atoms with Gasteiger partial charge in [-0.25, -0.2) is 9.97 Å². The van der Waals surface area contributed by atoms with Crippen molar-refractivity contribution >= 4 is 5.71 Å². The average Bonchev–Trinajstić information content (AvgIpc) is 2.81. The lowest BCUT2D eigenvalue weighted by atomic mass is 10.1. The lowest BCUT2D eigenvalue weighted by molar-refractivity contribution is 0.415. The first-order chi connectivity index (χ1) is 14.7. The lowest BCUT2D eigenvalue weighted by Crippen LogP contribution is -2.12. The minimum Gasteiger partial charge on any atom is -0.508 e. The number of hydrogen-bond acceptors (Lipinski definition) is 6. The molecule has 6 nitrogen and oxygen atoms in total. The van der Waals surface area contributed by atoms with E-state index in [1.807, 2.05) is 60.7 Å². The number of nitrogens with two attached hydrogens (primary N) is 1. The van der Waals surface area contributed by atoms with E-state index in [1.54, 1.807) is 31.4 Å². The van der Waals surface area contributed by atoms with Crippen LogP contribution in [0.1, 0.15) is 11.4 Å². The maximum Gasteiger partial charge on any atom is 0.181 e. The molecule has 148 valence electrons. The van der Waals surface area contributed by atoms with E-state index in [2.05, 4.69) is 5.10 Å². The van der Waals surface area contributed by atoms with Crippen molar-refractivity contribution < 1.29 is 9.84 Å². The molecule has 6 heteroatoms. The molecular formula is C24H20N4O2. The summed E-state index contributed by atoms with van der Waals surface area (Å²) >= 11 is 0. The number of aromatic hydroxyl groups is 1. The predicted molar refractivity (Wildman–Crippen MR) is 117 cm³/mol. The number of methoxy groups -OCH3 is 1. The van der Waals surface area contributed by atoms with Crippen LogP contribution in [-0.2, 0) is 0 Å². The number of hydrazone groups is 1. The Bertz CT molecular complexity index is 1170. The first-order valence-corrected chi connectivity index (χ1v) is 9.34. The van der Waals surface area contributed by atoms with Crippen LogP contribution in [0.25, 0.3) is 22.5 Å². The summed E-state index contributed by atoms with van der Waals surface area (Å²) in [4.78, 5) is 9.45. The van der Waals surface area contributed by atoms with E-state index in [0.29, 0.717) is 17.1 Å². The summed E-state index contributed by atoms with van der Waals surface area (Å²) in [5.41, 5.74) is 4.51. The third kappa shape index (κ3) is 3.98. The fraction of sp³-hybridized carbons (Fsp3) is 0.0417. The van der Waals surface area contributed by atoms with Crippen molar-refractivity contribution in [2.24, 2.45) is 10.9 Å². The molecule has 3 aromatic carbocycles. The summed E-state index contributed by atoms with van der Waals surface area (Å²) in [5, 5.41) is 13.5. The quantitative estimate of drug-likeness (QED) is 0.299. The van der Waals surface area contributed by atoms with Gasteiger partial charge in [0.25, 0.3) is 0 Å². The van der Waals surface area contributed by atoms with Crippen molar-refractivity contribution in [1.29, 1.82) is 0 Å². The molecule has 0 saturated heterocycles. The smallest absolute Gasteiger partial charge is 0.181 e. The van der Waals surface area contributed by atoms with Crippen molar-refractivity contribution in [3.8, 4) is 34.0 Å². The Kier molecular flexibility index (Phi) is 5.39. The Hall–Kier alpha value is -4.19. The van der Waals surface area contributed by atoms with Gasteiger partial charge in [0, 0.05) is 16.7 Å². The zero-order valence-corrected chi connectivity index (χ0v) is 16.4. The SMILES string of the molecule is COc1ccc(-c2cc(-c3ccccc3)nc(/C(=N/N)c3ccc(O)cc3)n2)cc1. The summed E-state index contributed by atoms with van der Waals surface area (Å²) in [7, 11) is 1.63. The molecule has 0 aliphatic heterocycles. The first-order valence-electron chi connectivity index (χ1n) is 9.34. The molecule has 0 aliphatic rings. The predicted octanol–water partition coefficient (Wildman–Crippen LogP) is 4.24. The van der Waals surface area contributed by atoms with Crippen molar-refractivity contribution in [3.05, 3.63) is 96.3 Å². The van der Waals surface area contributed by atoms with Gasteiger partial charge in [-0.3, -0.25) is 0 Å². The number of phenols is 1. The van der Waals surface area contributed by atoms with Gasteiger partial charge in [-0.05, 0) is 54.6 Å². The number of rotatable bonds is 5. The summed E-state index contributed by atoms with van der Waals surface area (Å²) < 4.78 is 5.26. The van der Waals surface area contributed by atoms with Gasteiger partial charge in [-0.2, -0.15) is 5.10 Å². The molecule has 0 radical (unpaired) electrons. The molecule has 4 rings (SSSR count). The minimum atomic E-state index is 0.160. The van der Waals surface area contributed by atoms with E-state index >= 15 is 0 Å². The molecule has 0 unspecified atom stereocenters. The fourth-order valence-corrected chi connectivity index (χ4v) is 3.10. The van der Waals surface area contributed by atoms with Crippen LogP contribution in [0.4, 0.5) is 0 Å². The van der Waals surface area contributed by atoms with Crippen LogP contribution < -0.4 is 10.6 Å². The molecular weight excluding hydrogens is 376 g/mol. The van der Waals surface area contributed by atoms with E-state index in [0.717, 1.165) is 28.3 Å². The van der Waals surface area contributed by atoms with Gasteiger partial charge in [0.2, 0.25) is 0 Å². The second kappa shape index (κ2) is 8.45. The van der Waals surface area contributed by atoms with Gasteiger partial charge in [0.05, 0.1) is 18.5 Å². The van der Waals surface area contributed by atoms with Gasteiger partial charge in [-0.15, -0.1) is 0 Å². The molecule has 3 N–H and O–H groups in total. The molecule has 30 heavy (non-hydrogen) atoms. The van der Waals surface area contributed by atoms with E-state index in [1.165, 1.54) is 0 Å². The van der Waals surface area contributed by atoms with Crippen LogP contribution in [0.3, 0.4) is 0 Å². The summed E-state index contributed by atoms with van der Waals surface area (Å²) in [6, 6.07) is 26.1. The van der Waals surface area contributed by atoms with Gasteiger partial charge < -0.3 is 15.7 Å². The Balaban J connectivity index is 1.87. The van der Waals surface area contributed by atoms with E-state index < -0.39 is 0 Å². The second-order valence-corrected chi connectivity index (χ2v) is 6.58. The highest BCUT2D eigenvalue weighted by Crippen LogP contribution is 2.26. The highest BCUT2D eigenvalue weighted by atomic mass is 16.5. The Morgan fingerprint density at radius 2 is 1.43 bits per heavy atom. The maximum absolute atomic E-state index is 9.60. The van der Waals surface area contributed by atoms with Gasteiger partial charge in [-0.1, -0.05) is 30.3 Å². The molecule has 1 aromatic heterocycles. The monoisotopic (exact) mass is 396 g/mol. The topological polar surface area (TPSA) is 93.6 Å². The number of aromatic nitrogens is 2. The van der Waals surface area contributed by atoms with Gasteiger partial charge in [0.1, 0.15) is 17.2 Å². The Labute approximate surface area is 174 Å². The van der Waals surface area contributed by atoms with Crippen LogP contribution in [0, 0.1) is 0 Å². The zero-order valence-electron chi connectivity index (χ0n) is 16.4. The normalized spacial score (nSPS) is 11.3. The van der Waals surface area contributed by atoms with Crippen LogP contribution in [0.2, 0.25) is 0 Å².